The van der Waals surface area contributed by atoms with E-state index in [1.807, 2.05) is 49.1 Å². The van der Waals surface area contributed by atoms with Crippen LogP contribution < -0.4 is 9.64 Å². The number of hydrogen-bond donors (Lipinski definition) is 0. The molecule has 1 saturated carbocycles. The number of ether oxygens (including phenoxy) is 1. The summed E-state index contributed by atoms with van der Waals surface area (Å²) in [5.41, 5.74) is 0.494. The highest BCUT2D eigenvalue weighted by molar-refractivity contribution is 7.14. The number of para-hydroxylation sites is 2. The van der Waals surface area contributed by atoms with Gasteiger partial charge in [-0.05, 0) is 56.9 Å². The number of thiophene rings is 1. The van der Waals surface area contributed by atoms with Crippen molar-refractivity contribution < 1.29 is 9.53 Å². The Hall–Kier alpha value is -1.81. The van der Waals surface area contributed by atoms with Crippen LogP contribution in [0.5, 0.6) is 5.75 Å². The van der Waals surface area contributed by atoms with Crippen molar-refractivity contribution in [2.45, 2.75) is 38.2 Å². The van der Waals surface area contributed by atoms with Gasteiger partial charge < -0.3 is 9.64 Å². The fourth-order valence-corrected chi connectivity index (χ4v) is 4.06. The summed E-state index contributed by atoms with van der Waals surface area (Å²) in [7, 11) is 0. The Balaban J connectivity index is 1.69. The molecule has 1 aliphatic carbocycles. The zero-order chi connectivity index (χ0) is 15.3. The van der Waals surface area contributed by atoms with Gasteiger partial charge in [-0.2, -0.15) is 0 Å². The van der Waals surface area contributed by atoms with Gasteiger partial charge in [0.05, 0.1) is 17.1 Å². The van der Waals surface area contributed by atoms with Crippen molar-refractivity contribution in [2.24, 2.45) is 0 Å². The van der Waals surface area contributed by atoms with E-state index in [9.17, 15) is 4.79 Å². The Kier molecular flexibility index (Phi) is 3.05. The minimum Gasteiger partial charge on any atom is -0.484 e. The van der Waals surface area contributed by atoms with Crippen LogP contribution in [-0.4, -0.2) is 18.1 Å². The van der Waals surface area contributed by atoms with Gasteiger partial charge in [-0.25, -0.2) is 0 Å². The van der Waals surface area contributed by atoms with Crippen LogP contribution in [-0.2, 0) is 0 Å². The second kappa shape index (κ2) is 4.85. The predicted molar refractivity (Wildman–Crippen MR) is 89.1 cm³/mol. The average molecular weight is 313 g/mol. The highest BCUT2D eigenvalue weighted by Gasteiger charge is 2.36. The lowest BCUT2D eigenvalue weighted by Crippen LogP contribution is -2.49. The van der Waals surface area contributed by atoms with Gasteiger partial charge in [0, 0.05) is 4.88 Å². The maximum atomic E-state index is 13.0. The highest BCUT2D eigenvalue weighted by Crippen LogP contribution is 2.44. The maximum Gasteiger partial charge on any atom is 0.268 e. The zero-order valence-corrected chi connectivity index (χ0v) is 13.7. The molecular weight excluding hydrogens is 294 g/mol. The molecule has 1 aliphatic heterocycles. The molecule has 2 heterocycles. The minimum absolute atomic E-state index is 0.0840. The topological polar surface area (TPSA) is 29.5 Å². The van der Waals surface area contributed by atoms with E-state index in [2.05, 4.69) is 6.07 Å². The van der Waals surface area contributed by atoms with E-state index in [4.69, 9.17) is 4.74 Å². The number of carbonyl (C=O) groups is 1. The summed E-state index contributed by atoms with van der Waals surface area (Å²) in [6.07, 6.45) is 2.53. The molecular formula is C18H19NO2S. The first-order valence-corrected chi connectivity index (χ1v) is 8.55. The van der Waals surface area contributed by atoms with Gasteiger partial charge in [-0.15, -0.1) is 11.3 Å². The molecule has 2 aromatic rings. The molecule has 114 valence electrons. The van der Waals surface area contributed by atoms with Crippen LogP contribution in [0.1, 0.15) is 47.2 Å². The number of fused-ring (bicyclic) bond motifs is 1. The fourth-order valence-electron chi connectivity index (χ4n) is 2.93. The molecule has 0 N–H and O–H groups in total. The summed E-state index contributed by atoms with van der Waals surface area (Å²) in [4.78, 5) is 17.0. The number of anilines is 1. The number of hydrogen-bond acceptors (Lipinski definition) is 3. The molecule has 0 saturated heterocycles. The van der Waals surface area contributed by atoms with Crippen molar-refractivity contribution in [3.8, 4) is 5.75 Å². The van der Waals surface area contributed by atoms with Crippen LogP contribution in [0.25, 0.3) is 0 Å². The Morgan fingerprint density at radius 1 is 1.23 bits per heavy atom. The quantitative estimate of drug-likeness (QED) is 0.820. The van der Waals surface area contributed by atoms with E-state index in [0.717, 1.165) is 16.3 Å². The number of benzene rings is 1. The Bertz CT molecular complexity index is 730. The van der Waals surface area contributed by atoms with Gasteiger partial charge in [0.1, 0.15) is 11.4 Å². The monoisotopic (exact) mass is 313 g/mol. The largest absolute Gasteiger partial charge is 0.484 e. The molecule has 0 radical (unpaired) electrons. The molecule has 3 nitrogen and oxygen atoms in total. The third-order valence-electron chi connectivity index (χ3n) is 4.14. The molecule has 1 amide bonds. The highest BCUT2D eigenvalue weighted by atomic mass is 32.1. The van der Waals surface area contributed by atoms with E-state index in [1.54, 1.807) is 11.3 Å². The zero-order valence-electron chi connectivity index (χ0n) is 12.8. The van der Waals surface area contributed by atoms with Gasteiger partial charge in [0.15, 0.2) is 0 Å². The third-order valence-corrected chi connectivity index (χ3v) is 5.38. The van der Waals surface area contributed by atoms with Crippen LogP contribution >= 0.6 is 11.3 Å². The van der Waals surface area contributed by atoms with Gasteiger partial charge in [0.25, 0.3) is 5.91 Å². The second-order valence-corrected chi connectivity index (χ2v) is 7.81. The standard InChI is InChI=1S/C18H19NO2S/c1-18(2)11-19(13-5-3-4-6-14(13)21-18)17(20)16-10-9-15(22-16)12-7-8-12/h3-6,9-10,12H,7-8,11H2,1-2H3. The van der Waals surface area contributed by atoms with Crippen LogP contribution in [0.3, 0.4) is 0 Å². The van der Waals surface area contributed by atoms with Gasteiger partial charge in [-0.1, -0.05) is 12.1 Å². The molecule has 1 aromatic carbocycles. The van der Waals surface area contributed by atoms with Crippen molar-refractivity contribution >= 4 is 22.9 Å². The Labute approximate surface area is 134 Å². The molecule has 0 atom stereocenters. The molecule has 22 heavy (non-hydrogen) atoms. The van der Waals surface area contributed by atoms with Crippen molar-refractivity contribution in [3.63, 3.8) is 0 Å². The lowest BCUT2D eigenvalue weighted by molar-refractivity contribution is 0.0839. The maximum absolute atomic E-state index is 13.0. The number of rotatable bonds is 2. The average Bonchev–Trinajstić information content (AvgIpc) is 3.22. The molecule has 0 bridgehead atoms. The smallest absolute Gasteiger partial charge is 0.268 e. The molecule has 1 aromatic heterocycles. The summed E-state index contributed by atoms with van der Waals surface area (Å²) >= 11 is 1.65. The van der Waals surface area contributed by atoms with Gasteiger partial charge >= 0.3 is 0 Å². The fraction of sp³-hybridized carbons (Fsp3) is 0.389. The number of carbonyl (C=O) groups excluding carboxylic acids is 1. The van der Waals surface area contributed by atoms with Crippen molar-refractivity contribution in [1.29, 1.82) is 0 Å². The predicted octanol–water partition coefficient (Wildman–Crippen LogP) is 4.44. The summed E-state index contributed by atoms with van der Waals surface area (Å²) in [5, 5.41) is 0. The van der Waals surface area contributed by atoms with Gasteiger partial charge in [-0.3, -0.25) is 4.79 Å². The van der Waals surface area contributed by atoms with E-state index >= 15 is 0 Å². The Morgan fingerprint density at radius 2 is 2.00 bits per heavy atom. The van der Waals surface area contributed by atoms with Crippen LogP contribution in [0.15, 0.2) is 36.4 Å². The lowest BCUT2D eigenvalue weighted by atomic mass is 10.0. The molecule has 0 spiro atoms. The summed E-state index contributed by atoms with van der Waals surface area (Å²) in [6.45, 7) is 4.61. The summed E-state index contributed by atoms with van der Waals surface area (Å²) in [5.74, 6) is 1.56. The number of amides is 1. The van der Waals surface area contributed by atoms with Crippen molar-refractivity contribution in [2.75, 3.05) is 11.4 Å². The van der Waals surface area contributed by atoms with Crippen molar-refractivity contribution in [3.05, 3.63) is 46.2 Å². The minimum atomic E-state index is -0.374. The van der Waals surface area contributed by atoms with E-state index < -0.39 is 0 Å². The molecule has 4 heteroatoms. The van der Waals surface area contributed by atoms with Crippen LogP contribution in [0.4, 0.5) is 5.69 Å². The Morgan fingerprint density at radius 3 is 2.77 bits per heavy atom. The normalized spacial score (nSPS) is 19.5. The summed E-state index contributed by atoms with van der Waals surface area (Å²) in [6, 6.07) is 11.9. The van der Waals surface area contributed by atoms with E-state index in [-0.39, 0.29) is 11.5 Å². The molecule has 0 unspecified atom stereocenters. The summed E-state index contributed by atoms with van der Waals surface area (Å²) < 4.78 is 6.00. The van der Waals surface area contributed by atoms with E-state index in [1.165, 1.54) is 17.7 Å². The van der Waals surface area contributed by atoms with Crippen LogP contribution in [0.2, 0.25) is 0 Å². The van der Waals surface area contributed by atoms with Gasteiger partial charge in [0.2, 0.25) is 0 Å². The van der Waals surface area contributed by atoms with Crippen LogP contribution in [0, 0.1) is 0 Å². The second-order valence-electron chi connectivity index (χ2n) is 6.70. The lowest BCUT2D eigenvalue weighted by Gasteiger charge is -2.39. The molecule has 2 aliphatic rings. The first-order valence-electron chi connectivity index (χ1n) is 7.73. The van der Waals surface area contributed by atoms with Crippen molar-refractivity contribution in [1.82, 2.24) is 0 Å². The third kappa shape index (κ3) is 2.41. The number of nitrogens with zero attached hydrogens (tertiary/aromatic N) is 1. The van der Waals surface area contributed by atoms with E-state index in [0.29, 0.717) is 12.5 Å². The first kappa shape index (κ1) is 13.8. The SMILES string of the molecule is CC1(C)CN(C(=O)c2ccc(C3CC3)s2)c2ccccc2O1. The molecule has 4 rings (SSSR count). The first-order chi connectivity index (χ1) is 10.5. The molecule has 1 fully saturated rings.